The summed E-state index contributed by atoms with van der Waals surface area (Å²) in [6.07, 6.45) is 0. The topological polar surface area (TPSA) is 15.6 Å². The van der Waals surface area contributed by atoms with Crippen molar-refractivity contribution in [2.45, 2.75) is 13.8 Å². The molecule has 0 N–H and O–H groups in total. The molecule has 1 rings (SSSR count). The van der Waals surface area contributed by atoms with Crippen LogP contribution >= 0.6 is 10.4 Å². The van der Waals surface area contributed by atoms with Gasteiger partial charge in [0.2, 0.25) is 0 Å². The Morgan fingerprint density at radius 3 is 1.84 bits per heavy atom. The average Bonchev–Trinajstić information content (AvgIpc) is 2.27. The molecule has 2 nitrogen and oxygen atoms in total. The highest BCUT2D eigenvalue weighted by atomic mass is 32.5. The number of hydrogen-bond donors (Lipinski definition) is 0. The van der Waals surface area contributed by atoms with Gasteiger partial charge >= 0.3 is 10.4 Å². The van der Waals surface area contributed by atoms with E-state index in [4.69, 9.17) is 0 Å². The Morgan fingerprint density at radius 1 is 1.00 bits per heavy atom. The van der Waals surface area contributed by atoms with Crippen molar-refractivity contribution in [3.05, 3.63) is 35.9 Å². The number of nitrogens with zero attached hydrogens (tertiary/aromatic N) is 2. The molecule has 0 saturated carbocycles. The number of rotatable bonds is 4. The van der Waals surface area contributed by atoms with Gasteiger partial charge in [0, 0.05) is 18.7 Å². The molecule has 0 spiro atoms. The molecule has 19 heavy (non-hydrogen) atoms. The van der Waals surface area contributed by atoms with Crippen molar-refractivity contribution in [2.24, 2.45) is 4.40 Å². The fraction of sp³-hybridized carbons (Fsp3) is 0.364. The number of amidine groups is 1. The van der Waals surface area contributed by atoms with Crippen LogP contribution in [0, 0.1) is 0 Å². The van der Waals surface area contributed by atoms with E-state index in [1.54, 1.807) is 19.9 Å². The summed E-state index contributed by atoms with van der Waals surface area (Å²) in [5, 5.41) is 0. The Morgan fingerprint density at radius 2 is 1.47 bits per heavy atom. The summed E-state index contributed by atoms with van der Waals surface area (Å²) in [6.45, 7) is 3.46. The van der Waals surface area contributed by atoms with E-state index >= 15 is 0 Å². The third kappa shape index (κ3) is 5.46. The lowest BCUT2D eigenvalue weighted by Crippen LogP contribution is -2.32. The molecule has 1 aromatic carbocycles. The zero-order chi connectivity index (χ0) is 14.8. The minimum Gasteiger partial charge on any atom is -0.356 e. The Labute approximate surface area is 108 Å². The summed E-state index contributed by atoms with van der Waals surface area (Å²) >= 11 is 0. The first-order valence-corrected chi connectivity index (χ1v) is 7.52. The van der Waals surface area contributed by atoms with Gasteiger partial charge in [0.05, 0.1) is 0 Å². The molecular weight excluding hydrogens is 287 g/mol. The molecule has 0 aromatic heterocycles. The van der Waals surface area contributed by atoms with Crippen LogP contribution in [0.5, 0.6) is 0 Å². The predicted molar refractivity (Wildman–Crippen MR) is 69.0 cm³/mol. The first-order valence-electron chi connectivity index (χ1n) is 5.61. The van der Waals surface area contributed by atoms with Crippen molar-refractivity contribution in [1.29, 1.82) is 0 Å². The van der Waals surface area contributed by atoms with Crippen LogP contribution < -0.4 is 0 Å². The molecule has 0 fully saturated rings. The van der Waals surface area contributed by atoms with Gasteiger partial charge in [-0.2, -0.15) is 0 Å². The molecule has 1 aromatic rings. The molecule has 0 saturated heterocycles. The van der Waals surface area contributed by atoms with Gasteiger partial charge in [-0.15, -0.1) is 4.40 Å². The molecule has 110 valence electrons. The molecular formula is C11H15F5N2S. The lowest BCUT2D eigenvalue weighted by Gasteiger charge is -2.37. The molecule has 0 aliphatic rings. The van der Waals surface area contributed by atoms with Crippen LogP contribution in [0.3, 0.4) is 0 Å². The van der Waals surface area contributed by atoms with Crippen LogP contribution in [0.15, 0.2) is 34.7 Å². The summed E-state index contributed by atoms with van der Waals surface area (Å²) in [7, 11) is -9.86. The monoisotopic (exact) mass is 302 g/mol. The molecule has 0 unspecified atom stereocenters. The third-order valence-corrected chi connectivity index (χ3v) is 2.87. The van der Waals surface area contributed by atoms with Crippen LogP contribution in [0.1, 0.15) is 19.4 Å². The Hall–Kier alpha value is -1.31. The minimum absolute atomic E-state index is 0.0134. The Kier molecular flexibility index (Phi) is 3.62. The van der Waals surface area contributed by atoms with Gasteiger partial charge in [0.25, 0.3) is 0 Å². The molecule has 0 radical (unpaired) electrons. The largest absolute Gasteiger partial charge is 0.383 e. The van der Waals surface area contributed by atoms with E-state index in [2.05, 4.69) is 0 Å². The van der Waals surface area contributed by atoms with Gasteiger partial charge in [0.15, 0.2) is 5.84 Å². The molecule has 8 heteroatoms. The molecule has 0 aliphatic carbocycles. The van der Waals surface area contributed by atoms with Crippen molar-refractivity contribution < 1.29 is 19.4 Å². The number of hydrogen-bond acceptors (Lipinski definition) is 1. The first-order chi connectivity index (χ1) is 8.45. The van der Waals surface area contributed by atoms with E-state index in [0.717, 1.165) is 4.90 Å². The van der Waals surface area contributed by atoms with Crippen LogP contribution in [0.4, 0.5) is 19.4 Å². The van der Waals surface area contributed by atoms with Crippen molar-refractivity contribution in [3.63, 3.8) is 0 Å². The maximum atomic E-state index is 12.6. The fourth-order valence-electron chi connectivity index (χ4n) is 1.57. The molecule has 0 amide bonds. The van der Waals surface area contributed by atoms with Crippen molar-refractivity contribution in [3.8, 4) is 0 Å². The van der Waals surface area contributed by atoms with E-state index < -0.39 is 16.2 Å². The third-order valence-electron chi connectivity index (χ3n) is 2.35. The summed E-state index contributed by atoms with van der Waals surface area (Å²) < 4.78 is 64.8. The standard InChI is InChI=1S/C11H15F5N2S/c1-3-18(4-2)11(10-8-6-5-7-9-10)17-19(12,13,14,15)16/h5-9H,3-4H2,1-2H3/b17-11+. The zero-order valence-corrected chi connectivity index (χ0v) is 11.3. The molecule has 0 heterocycles. The second-order valence-electron chi connectivity index (χ2n) is 3.88. The van der Waals surface area contributed by atoms with Gasteiger partial charge < -0.3 is 4.90 Å². The second-order valence-corrected chi connectivity index (χ2v) is 5.92. The molecule has 0 atom stereocenters. The maximum Gasteiger partial charge on any atom is 0.383 e. The molecule has 0 bridgehead atoms. The fourth-order valence-corrected chi connectivity index (χ4v) is 2.11. The summed E-state index contributed by atoms with van der Waals surface area (Å²) in [5.74, 6) is -0.746. The van der Waals surface area contributed by atoms with Crippen LogP contribution in [0.25, 0.3) is 0 Å². The van der Waals surface area contributed by atoms with E-state index in [1.165, 1.54) is 24.3 Å². The summed E-state index contributed by atoms with van der Waals surface area (Å²) in [4.78, 5) is 1.15. The van der Waals surface area contributed by atoms with Crippen LogP contribution in [-0.4, -0.2) is 23.8 Å². The van der Waals surface area contributed by atoms with Crippen LogP contribution in [-0.2, 0) is 0 Å². The SMILES string of the molecule is CCN(CC)/C(=N/S(F)(F)(F)(F)F)c1ccccc1. The quantitative estimate of drug-likeness (QED) is 0.435. The summed E-state index contributed by atoms with van der Waals surface area (Å²) in [6, 6.07) is 7.17. The van der Waals surface area contributed by atoms with Crippen molar-refractivity contribution >= 4 is 16.2 Å². The van der Waals surface area contributed by atoms with E-state index in [0.29, 0.717) is 0 Å². The first kappa shape index (κ1) is 15.7. The Bertz CT molecular complexity index is 464. The Balaban J connectivity index is 3.43. The zero-order valence-electron chi connectivity index (χ0n) is 10.5. The highest BCUT2D eigenvalue weighted by Gasteiger charge is 2.64. The smallest absolute Gasteiger partial charge is 0.356 e. The molecule has 0 aliphatic heterocycles. The van der Waals surface area contributed by atoms with E-state index in [-0.39, 0.29) is 18.7 Å². The average molecular weight is 302 g/mol. The van der Waals surface area contributed by atoms with E-state index in [9.17, 15) is 19.4 Å². The normalized spacial score (nSPS) is 16.7. The van der Waals surface area contributed by atoms with Gasteiger partial charge in [-0.25, -0.2) is 0 Å². The lowest BCUT2D eigenvalue weighted by atomic mass is 10.2. The van der Waals surface area contributed by atoms with Gasteiger partial charge in [-0.3, -0.25) is 0 Å². The van der Waals surface area contributed by atoms with Crippen LogP contribution in [0.2, 0.25) is 0 Å². The van der Waals surface area contributed by atoms with Crippen molar-refractivity contribution in [1.82, 2.24) is 4.90 Å². The second kappa shape index (κ2) is 4.36. The van der Waals surface area contributed by atoms with Crippen molar-refractivity contribution in [2.75, 3.05) is 13.1 Å². The van der Waals surface area contributed by atoms with Gasteiger partial charge in [-0.05, 0) is 13.8 Å². The minimum atomic E-state index is -9.86. The summed E-state index contributed by atoms with van der Waals surface area (Å²) in [5.41, 5.74) is 0.0134. The van der Waals surface area contributed by atoms with Gasteiger partial charge in [-0.1, -0.05) is 49.8 Å². The number of halogens is 5. The van der Waals surface area contributed by atoms with E-state index in [1.807, 2.05) is 4.40 Å². The lowest BCUT2D eigenvalue weighted by molar-refractivity contribution is 0.364. The van der Waals surface area contributed by atoms with Gasteiger partial charge in [0.1, 0.15) is 0 Å². The maximum absolute atomic E-state index is 12.6. The highest BCUT2D eigenvalue weighted by molar-refractivity contribution is 8.44. The predicted octanol–water partition coefficient (Wildman–Crippen LogP) is 4.99. The number of benzene rings is 1. The highest BCUT2D eigenvalue weighted by Crippen LogP contribution is 2.99.